The summed E-state index contributed by atoms with van der Waals surface area (Å²) >= 11 is 6.03. The van der Waals surface area contributed by atoms with E-state index in [2.05, 4.69) is 5.32 Å². The lowest BCUT2D eigenvalue weighted by Crippen LogP contribution is -2.29. The van der Waals surface area contributed by atoms with Crippen molar-refractivity contribution in [2.45, 2.75) is 30.7 Å². The van der Waals surface area contributed by atoms with Crippen molar-refractivity contribution in [3.05, 3.63) is 52.5 Å². The van der Waals surface area contributed by atoms with Gasteiger partial charge in [0, 0.05) is 17.0 Å². The number of nitrogens with one attached hydrogen (secondary N) is 1. The van der Waals surface area contributed by atoms with E-state index >= 15 is 0 Å². The molecule has 1 fully saturated rings. The fourth-order valence-corrected chi connectivity index (χ4v) is 4.57. The van der Waals surface area contributed by atoms with E-state index in [1.54, 1.807) is 30.3 Å². The third-order valence-electron chi connectivity index (χ3n) is 5.37. The number of hydrogen-bond donors (Lipinski definition) is 2. The quantitative estimate of drug-likeness (QED) is 0.720. The minimum Gasteiger partial charge on any atom is -0.496 e. The van der Waals surface area contributed by atoms with E-state index in [0.29, 0.717) is 16.3 Å². The molecule has 1 amide bonds. The van der Waals surface area contributed by atoms with E-state index in [-0.39, 0.29) is 33.9 Å². The van der Waals surface area contributed by atoms with Gasteiger partial charge < -0.3 is 14.8 Å². The number of carbonyl (C=O) groups is 1. The second-order valence-corrected chi connectivity index (χ2v) is 9.52. The number of primary sulfonamides is 1. The Kier molecular flexibility index (Phi) is 5.55. The molecule has 3 N–H and O–H groups in total. The zero-order chi connectivity index (χ0) is 21.6. The highest BCUT2D eigenvalue weighted by atomic mass is 35.5. The minimum absolute atomic E-state index is 0.0277. The summed E-state index contributed by atoms with van der Waals surface area (Å²) in [5, 5.41) is 8.71. The van der Waals surface area contributed by atoms with Gasteiger partial charge in [0.2, 0.25) is 10.0 Å². The fraction of sp³-hybridized carbons (Fsp3) is 0.350. The summed E-state index contributed by atoms with van der Waals surface area (Å²) in [5.41, 5.74) is 0.960. The summed E-state index contributed by atoms with van der Waals surface area (Å²) in [4.78, 5) is 12.8. The Morgan fingerprint density at radius 2 is 1.76 bits per heavy atom. The zero-order valence-electron chi connectivity index (χ0n) is 16.5. The average Bonchev–Trinajstić information content (AvgIpc) is 3.20. The highest BCUT2D eigenvalue weighted by Crippen LogP contribution is 2.59. The van der Waals surface area contributed by atoms with Crippen molar-refractivity contribution in [1.29, 1.82) is 0 Å². The van der Waals surface area contributed by atoms with Gasteiger partial charge in [0.1, 0.15) is 16.4 Å². The maximum atomic E-state index is 12.8. The van der Waals surface area contributed by atoms with Crippen LogP contribution in [0.5, 0.6) is 11.5 Å². The Balaban J connectivity index is 1.87. The highest BCUT2D eigenvalue weighted by molar-refractivity contribution is 7.89. The van der Waals surface area contributed by atoms with Crippen LogP contribution in [0.3, 0.4) is 0 Å². The van der Waals surface area contributed by atoms with Gasteiger partial charge in [0.05, 0.1) is 19.8 Å². The summed E-state index contributed by atoms with van der Waals surface area (Å²) in [7, 11) is -1.02. The number of amides is 1. The molecule has 0 heterocycles. The normalized spacial score (nSPS) is 20.1. The summed E-state index contributed by atoms with van der Waals surface area (Å²) in [6.45, 7) is 4.05. The number of methoxy groups -OCH3 is 2. The largest absolute Gasteiger partial charge is 0.496 e. The van der Waals surface area contributed by atoms with Crippen LogP contribution in [0.2, 0.25) is 5.02 Å². The molecule has 0 unspecified atom stereocenters. The van der Waals surface area contributed by atoms with Crippen LogP contribution in [0, 0.1) is 5.41 Å². The molecule has 0 saturated heterocycles. The van der Waals surface area contributed by atoms with Crippen molar-refractivity contribution in [1.82, 2.24) is 5.32 Å². The van der Waals surface area contributed by atoms with Crippen molar-refractivity contribution in [3.8, 4) is 11.5 Å². The van der Waals surface area contributed by atoms with Crippen molar-refractivity contribution in [3.63, 3.8) is 0 Å². The van der Waals surface area contributed by atoms with Crippen LogP contribution in [0.1, 0.15) is 35.7 Å². The molecule has 29 heavy (non-hydrogen) atoms. The smallest absolute Gasteiger partial charge is 0.255 e. The SMILES string of the molecule is COc1ccc(Cl)cc1C(=O)N[C@@H]1[C@@H](c2ccc(S(N)(=O)=O)c(OC)c2)C1(C)C. The molecule has 0 radical (unpaired) electrons. The number of rotatable bonds is 6. The van der Waals surface area contributed by atoms with Crippen LogP contribution in [0.25, 0.3) is 0 Å². The number of hydrogen-bond acceptors (Lipinski definition) is 5. The highest BCUT2D eigenvalue weighted by Gasteiger charge is 2.59. The molecular formula is C20H23ClN2O5S. The zero-order valence-corrected chi connectivity index (χ0v) is 18.1. The van der Waals surface area contributed by atoms with Crippen molar-refractivity contribution >= 4 is 27.5 Å². The van der Waals surface area contributed by atoms with Gasteiger partial charge in [0.25, 0.3) is 5.91 Å². The van der Waals surface area contributed by atoms with E-state index < -0.39 is 10.0 Å². The third-order valence-corrected chi connectivity index (χ3v) is 6.56. The molecular weight excluding hydrogens is 416 g/mol. The summed E-state index contributed by atoms with van der Waals surface area (Å²) in [6, 6.07) is 9.47. The Bertz CT molecular complexity index is 1070. The van der Waals surface area contributed by atoms with Crippen LogP contribution in [-0.2, 0) is 10.0 Å². The van der Waals surface area contributed by atoms with Gasteiger partial charge in [-0.05, 0) is 41.3 Å². The molecule has 1 aliphatic carbocycles. The lowest BCUT2D eigenvalue weighted by molar-refractivity contribution is 0.0943. The predicted octanol–water partition coefficient (Wildman–Crippen LogP) is 2.93. The van der Waals surface area contributed by atoms with Crippen LogP contribution in [0.15, 0.2) is 41.3 Å². The second kappa shape index (κ2) is 7.51. The Morgan fingerprint density at radius 3 is 2.34 bits per heavy atom. The van der Waals surface area contributed by atoms with Crippen LogP contribution >= 0.6 is 11.6 Å². The molecule has 0 bridgehead atoms. The average molecular weight is 439 g/mol. The Morgan fingerprint density at radius 1 is 1.10 bits per heavy atom. The lowest BCUT2D eigenvalue weighted by atomic mass is 10.0. The van der Waals surface area contributed by atoms with Crippen molar-refractivity contribution < 1.29 is 22.7 Å². The van der Waals surface area contributed by atoms with Gasteiger partial charge in [-0.15, -0.1) is 0 Å². The number of nitrogens with two attached hydrogens (primary N) is 1. The van der Waals surface area contributed by atoms with Crippen LogP contribution < -0.4 is 19.9 Å². The standard InChI is InChI=1S/C20H23ClN2O5S/c1-20(2)17(11-5-8-16(29(22,25)26)15(9-11)28-4)18(20)23-19(24)13-10-12(21)6-7-14(13)27-3/h5-10,17-18H,1-4H3,(H,23,24)(H2,22,25,26)/t17-,18-/m1/s1. The number of ether oxygens (including phenoxy) is 2. The van der Waals surface area contributed by atoms with E-state index in [4.69, 9.17) is 26.2 Å². The van der Waals surface area contributed by atoms with E-state index in [1.807, 2.05) is 13.8 Å². The molecule has 3 rings (SSSR count). The monoisotopic (exact) mass is 438 g/mol. The first kappa shape index (κ1) is 21.4. The molecule has 2 aromatic carbocycles. The van der Waals surface area contributed by atoms with E-state index in [0.717, 1.165) is 5.56 Å². The molecule has 0 aliphatic heterocycles. The first-order valence-electron chi connectivity index (χ1n) is 8.86. The van der Waals surface area contributed by atoms with Gasteiger partial charge in [0.15, 0.2) is 0 Å². The number of benzene rings is 2. The summed E-state index contributed by atoms with van der Waals surface area (Å²) in [5.74, 6) is 0.286. The predicted molar refractivity (Wildman–Crippen MR) is 110 cm³/mol. The lowest BCUT2D eigenvalue weighted by Gasteiger charge is -2.11. The molecule has 7 nitrogen and oxygen atoms in total. The first-order valence-corrected chi connectivity index (χ1v) is 10.8. The van der Waals surface area contributed by atoms with Crippen LogP contribution in [-0.4, -0.2) is 34.6 Å². The van der Waals surface area contributed by atoms with Crippen molar-refractivity contribution in [2.75, 3.05) is 14.2 Å². The van der Waals surface area contributed by atoms with Gasteiger partial charge in [-0.1, -0.05) is 31.5 Å². The Hall–Kier alpha value is -2.29. The molecule has 2 atom stereocenters. The molecule has 2 aromatic rings. The number of sulfonamides is 1. The maximum absolute atomic E-state index is 12.8. The summed E-state index contributed by atoms with van der Waals surface area (Å²) in [6.07, 6.45) is 0. The molecule has 156 valence electrons. The number of halogens is 1. The molecule has 9 heteroatoms. The molecule has 1 aliphatic rings. The van der Waals surface area contributed by atoms with Gasteiger partial charge in [-0.25, -0.2) is 13.6 Å². The second-order valence-electron chi connectivity index (χ2n) is 7.55. The Labute approximate surface area is 175 Å². The maximum Gasteiger partial charge on any atom is 0.255 e. The first-order chi connectivity index (χ1) is 13.5. The molecule has 1 saturated carbocycles. The molecule has 0 spiro atoms. The van der Waals surface area contributed by atoms with E-state index in [9.17, 15) is 13.2 Å². The summed E-state index contributed by atoms with van der Waals surface area (Å²) < 4.78 is 33.9. The number of carbonyl (C=O) groups excluding carboxylic acids is 1. The van der Waals surface area contributed by atoms with Gasteiger partial charge in [-0.2, -0.15) is 0 Å². The molecule has 0 aromatic heterocycles. The fourth-order valence-electron chi connectivity index (χ4n) is 3.72. The van der Waals surface area contributed by atoms with Gasteiger partial charge >= 0.3 is 0 Å². The van der Waals surface area contributed by atoms with Gasteiger partial charge in [-0.3, -0.25) is 4.79 Å². The van der Waals surface area contributed by atoms with Crippen LogP contribution in [0.4, 0.5) is 0 Å². The topological polar surface area (TPSA) is 108 Å². The minimum atomic E-state index is -3.90. The van der Waals surface area contributed by atoms with Crippen molar-refractivity contribution in [2.24, 2.45) is 10.6 Å². The third kappa shape index (κ3) is 4.05. The van der Waals surface area contributed by atoms with E-state index in [1.165, 1.54) is 20.3 Å².